The van der Waals surface area contributed by atoms with E-state index in [9.17, 15) is 8.78 Å². The maximum atomic E-state index is 12.0. The van der Waals surface area contributed by atoms with Crippen molar-refractivity contribution in [3.63, 3.8) is 0 Å². The first kappa shape index (κ1) is 15.0. The Labute approximate surface area is 117 Å². The second kappa shape index (κ2) is 7.40. The number of benzene rings is 1. The summed E-state index contributed by atoms with van der Waals surface area (Å²) in [6.07, 6.45) is 0.940. The molecule has 0 aliphatic carbocycles. The van der Waals surface area contributed by atoms with E-state index in [4.69, 9.17) is 4.74 Å². The van der Waals surface area contributed by atoms with E-state index in [1.165, 1.54) is 12.1 Å². The zero-order chi connectivity index (χ0) is 14.4. The molecule has 2 N–H and O–H groups in total. The number of halogens is 2. The number of hydrogen-bond acceptors (Lipinski definition) is 4. The van der Waals surface area contributed by atoms with Gasteiger partial charge in [-0.05, 0) is 37.6 Å². The van der Waals surface area contributed by atoms with Crippen molar-refractivity contribution in [2.75, 3.05) is 25.1 Å². The minimum Gasteiger partial charge on any atom is -0.435 e. The number of anilines is 1. The van der Waals surface area contributed by atoms with Gasteiger partial charge in [0.25, 0.3) is 0 Å². The molecule has 1 saturated heterocycles. The number of ether oxygens (including phenoxy) is 2. The average Bonchev–Trinajstić information content (AvgIpc) is 2.41. The SMILES string of the molecule is CC(CC1COCCN1)Nc1ccc(OC(F)F)cc1. The van der Waals surface area contributed by atoms with E-state index in [-0.39, 0.29) is 11.8 Å². The molecule has 2 atom stereocenters. The van der Waals surface area contributed by atoms with Crippen molar-refractivity contribution in [2.24, 2.45) is 0 Å². The molecule has 0 spiro atoms. The second-order valence-corrected chi connectivity index (χ2v) is 4.91. The third kappa shape index (κ3) is 4.94. The minimum absolute atomic E-state index is 0.167. The van der Waals surface area contributed by atoms with Crippen molar-refractivity contribution in [1.29, 1.82) is 0 Å². The lowest BCUT2D eigenvalue weighted by Crippen LogP contribution is -2.43. The van der Waals surface area contributed by atoms with Gasteiger partial charge in [-0.25, -0.2) is 0 Å². The van der Waals surface area contributed by atoms with E-state index in [0.717, 1.165) is 31.9 Å². The molecule has 1 heterocycles. The topological polar surface area (TPSA) is 42.5 Å². The summed E-state index contributed by atoms with van der Waals surface area (Å²) in [6, 6.07) is 7.15. The van der Waals surface area contributed by atoms with Crippen LogP contribution in [-0.2, 0) is 4.74 Å². The fourth-order valence-electron chi connectivity index (χ4n) is 2.27. The molecule has 6 heteroatoms. The molecule has 1 aromatic rings. The molecule has 1 aliphatic heterocycles. The Hall–Kier alpha value is -1.40. The van der Waals surface area contributed by atoms with Gasteiger partial charge in [-0.1, -0.05) is 0 Å². The standard InChI is InChI=1S/C14H20F2N2O2/c1-10(8-12-9-19-7-6-17-12)18-11-2-4-13(5-3-11)20-14(15)16/h2-5,10,12,14,17-18H,6-9H2,1H3. The quantitative estimate of drug-likeness (QED) is 0.843. The summed E-state index contributed by atoms with van der Waals surface area (Å²) >= 11 is 0. The van der Waals surface area contributed by atoms with Crippen molar-refractivity contribution in [3.05, 3.63) is 24.3 Å². The van der Waals surface area contributed by atoms with E-state index in [1.807, 2.05) is 0 Å². The average molecular weight is 286 g/mol. The molecule has 4 nitrogen and oxygen atoms in total. The first-order chi connectivity index (χ1) is 9.63. The van der Waals surface area contributed by atoms with Gasteiger partial charge < -0.3 is 20.1 Å². The maximum Gasteiger partial charge on any atom is 0.387 e. The van der Waals surface area contributed by atoms with Crippen LogP contribution in [0.15, 0.2) is 24.3 Å². The summed E-state index contributed by atoms with van der Waals surface area (Å²) in [5.74, 6) is 0.167. The molecule has 0 aromatic heterocycles. The van der Waals surface area contributed by atoms with E-state index in [0.29, 0.717) is 6.04 Å². The number of rotatable bonds is 6. The normalized spacial score (nSPS) is 20.7. The van der Waals surface area contributed by atoms with Gasteiger partial charge in [0.05, 0.1) is 13.2 Å². The van der Waals surface area contributed by atoms with Gasteiger partial charge in [-0.2, -0.15) is 8.78 Å². The van der Waals surface area contributed by atoms with Crippen molar-refractivity contribution < 1.29 is 18.3 Å². The predicted molar refractivity (Wildman–Crippen MR) is 73.4 cm³/mol. The fourth-order valence-corrected chi connectivity index (χ4v) is 2.27. The van der Waals surface area contributed by atoms with Crippen LogP contribution in [0.3, 0.4) is 0 Å². The van der Waals surface area contributed by atoms with E-state index in [1.54, 1.807) is 12.1 Å². The van der Waals surface area contributed by atoms with Crippen LogP contribution in [0.4, 0.5) is 14.5 Å². The summed E-state index contributed by atoms with van der Waals surface area (Å²) in [5.41, 5.74) is 0.885. The highest BCUT2D eigenvalue weighted by molar-refractivity contribution is 5.47. The van der Waals surface area contributed by atoms with Gasteiger partial charge in [0.2, 0.25) is 0 Å². The summed E-state index contributed by atoms with van der Waals surface area (Å²) < 4.78 is 33.8. The van der Waals surface area contributed by atoms with Gasteiger partial charge >= 0.3 is 6.61 Å². The van der Waals surface area contributed by atoms with Crippen LogP contribution in [0.1, 0.15) is 13.3 Å². The molecule has 2 unspecified atom stereocenters. The number of hydrogen-bond donors (Lipinski definition) is 2. The van der Waals surface area contributed by atoms with E-state index >= 15 is 0 Å². The zero-order valence-electron chi connectivity index (χ0n) is 11.4. The molecule has 0 amide bonds. The Morgan fingerprint density at radius 3 is 2.75 bits per heavy atom. The van der Waals surface area contributed by atoms with Gasteiger partial charge in [0.15, 0.2) is 0 Å². The van der Waals surface area contributed by atoms with Gasteiger partial charge in [-0.3, -0.25) is 0 Å². The zero-order valence-corrected chi connectivity index (χ0v) is 11.4. The molecule has 1 aliphatic rings. The largest absolute Gasteiger partial charge is 0.435 e. The lowest BCUT2D eigenvalue weighted by atomic mass is 10.1. The van der Waals surface area contributed by atoms with Crippen LogP contribution in [0.25, 0.3) is 0 Å². The van der Waals surface area contributed by atoms with Crippen LogP contribution in [0.5, 0.6) is 5.75 Å². The Morgan fingerprint density at radius 1 is 1.40 bits per heavy atom. The Bertz CT molecular complexity index is 395. The first-order valence-electron chi connectivity index (χ1n) is 6.76. The molecule has 0 saturated carbocycles. The van der Waals surface area contributed by atoms with Crippen molar-refractivity contribution >= 4 is 5.69 Å². The number of nitrogens with one attached hydrogen (secondary N) is 2. The van der Waals surface area contributed by atoms with E-state index in [2.05, 4.69) is 22.3 Å². The third-order valence-electron chi connectivity index (χ3n) is 3.13. The van der Waals surface area contributed by atoms with Gasteiger partial charge in [-0.15, -0.1) is 0 Å². The predicted octanol–water partition coefficient (Wildman–Crippen LogP) is 2.47. The highest BCUT2D eigenvalue weighted by Gasteiger charge is 2.16. The molecule has 20 heavy (non-hydrogen) atoms. The van der Waals surface area contributed by atoms with Crippen LogP contribution in [-0.4, -0.2) is 38.5 Å². The Balaban J connectivity index is 1.79. The minimum atomic E-state index is -2.79. The van der Waals surface area contributed by atoms with Crippen molar-refractivity contribution in [2.45, 2.75) is 32.0 Å². The molecule has 1 aromatic carbocycles. The van der Waals surface area contributed by atoms with Gasteiger partial charge in [0.1, 0.15) is 5.75 Å². The second-order valence-electron chi connectivity index (χ2n) is 4.91. The Kier molecular flexibility index (Phi) is 5.55. The van der Waals surface area contributed by atoms with Crippen LogP contribution < -0.4 is 15.4 Å². The molecular formula is C14H20F2N2O2. The third-order valence-corrected chi connectivity index (χ3v) is 3.13. The highest BCUT2D eigenvalue weighted by Crippen LogP contribution is 2.19. The van der Waals surface area contributed by atoms with Crippen molar-refractivity contribution in [3.8, 4) is 5.75 Å². The lowest BCUT2D eigenvalue weighted by molar-refractivity contribution is -0.0498. The summed E-state index contributed by atoms with van der Waals surface area (Å²) in [6.45, 7) is 1.68. The molecule has 0 bridgehead atoms. The monoisotopic (exact) mass is 286 g/mol. The Morgan fingerprint density at radius 2 is 2.15 bits per heavy atom. The molecule has 2 rings (SSSR count). The molecule has 0 radical (unpaired) electrons. The first-order valence-corrected chi connectivity index (χ1v) is 6.76. The smallest absolute Gasteiger partial charge is 0.387 e. The van der Waals surface area contributed by atoms with Crippen LogP contribution in [0.2, 0.25) is 0 Å². The van der Waals surface area contributed by atoms with Crippen LogP contribution >= 0.6 is 0 Å². The summed E-state index contributed by atoms with van der Waals surface area (Å²) in [5, 5.41) is 6.73. The molecule has 1 fully saturated rings. The molecular weight excluding hydrogens is 266 g/mol. The summed E-state index contributed by atoms with van der Waals surface area (Å²) in [4.78, 5) is 0. The van der Waals surface area contributed by atoms with Gasteiger partial charge in [0, 0.05) is 24.3 Å². The van der Waals surface area contributed by atoms with Crippen LogP contribution in [0, 0.1) is 0 Å². The summed E-state index contributed by atoms with van der Waals surface area (Å²) in [7, 11) is 0. The molecule has 112 valence electrons. The van der Waals surface area contributed by atoms with Crippen molar-refractivity contribution in [1.82, 2.24) is 5.32 Å². The maximum absolute atomic E-state index is 12.0. The highest BCUT2D eigenvalue weighted by atomic mass is 19.3. The number of alkyl halides is 2. The van der Waals surface area contributed by atoms with E-state index < -0.39 is 6.61 Å². The lowest BCUT2D eigenvalue weighted by Gasteiger charge is -2.27. The number of morpholine rings is 1. The fraction of sp³-hybridized carbons (Fsp3) is 0.571.